The van der Waals surface area contributed by atoms with E-state index < -0.39 is 0 Å². The smallest absolute Gasteiger partial charge is 0.182 e. The molecule has 49 heavy (non-hydrogen) atoms. The van der Waals surface area contributed by atoms with Gasteiger partial charge in [0.05, 0.1) is 0 Å². The third-order valence-corrected chi connectivity index (χ3v) is 8.81. The summed E-state index contributed by atoms with van der Waals surface area (Å²) in [5, 5.41) is 2.14. The fourth-order valence-electron chi connectivity index (χ4n) is 6.35. The lowest BCUT2D eigenvalue weighted by Gasteiger charge is -2.11. The molecule has 0 saturated carbocycles. The minimum Gasteiger partial charge on any atom is -0.456 e. The van der Waals surface area contributed by atoms with Gasteiger partial charge in [-0.1, -0.05) is 140 Å². The molecule has 0 radical (unpaired) electrons. The second kappa shape index (κ2) is 12.1. The molecule has 0 aliphatic carbocycles. The molecule has 0 spiro atoms. The maximum Gasteiger partial charge on any atom is 0.182 e. The van der Waals surface area contributed by atoms with Crippen molar-refractivity contribution in [2.45, 2.75) is 0 Å². The molecule has 0 aliphatic rings. The lowest BCUT2D eigenvalue weighted by molar-refractivity contribution is 0.669. The molecule has 3 aromatic heterocycles. The Balaban J connectivity index is 1.16. The van der Waals surface area contributed by atoms with E-state index in [1.54, 1.807) is 0 Å². The zero-order valence-corrected chi connectivity index (χ0v) is 26.4. The second-order valence-electron chi connectivity index (χ2n) is 11.9. The van der Waals surface area contributed by atoms with Gasteiger partial charge in [0.2, 0.25) is 0 Å². The van der Waals surface area contributed by atoms with Gasteiger partial charge < -0.3 is 4.42 Å². The van der Waals surface area contributed by atoms with Crippen LogP contribution in [0.3, 0.4) is 0 Å². The van der Waals surface area contributed by atoms with Crippen LogP contribution in [0.15, 0.2) is 174 Å². The summed E-state index contributed by atoms with van der Waals surface area (Å²) in [5.74, 6) is 1.63. The Bertz CT molecular complexity index is 2560. The molecule has 9 rings (SSSR count). The Morgan fingerprint density at radius 2 is 0.898 bits per heavy atom. The van der Waals surface area contributed by atoms with Crippen molar-refractivity contribution >= 4 is 21.9 Å². The number of aromatic nitrogens is 4. The van der Waals surface area contributed by atoms with Crippen molar-refractivity contribution in [3.8, 4) is 67.7 Å². The summed E-state index contributed by atoms with van der Waals surface area (Å²) in [4.78, 5) is 19.8. The summed E-state index contributed by atoms with van der Waals surface area (Å²) in [6.45, 7) is 0. The summed E-state index contributed by atoms with van der Waals surface area (Å²) in [6, 6.07) is 55.7. The van der Waals surface area contributed by atoms with Crippen molar-refractivity contribution in [2.75, 3.05) is 0 Å². The molecule has 0 aliphatic heterocycles. The quantitative estimate of drug-likeness (QED) is 0.183. The molecule has 0 N–H and O–H groups in total. The highest BCUT2D eigenvalue weighted by molar-refractivity contribution is 6.13. The average molecular weight is 629 g/mol. The van der Waals surface area contributed by atoms with Crippen LogP contribution in [0.4, 0.5) is 0 Å². The number of fused-ring (bicyclic) bond motifs is 3. The molecule has 5 nitrogen and oxygen atoms in total. The van der Waals surface area contributed by atoms with E-state index in [-0.39, 0.29) is 0 Å². The van der Waals surface area contributed by atoms with Crippen molar-refractivity contribution in [2.24, 2.45) is 0 Å². The molecule has 9 aromatic rings. The van der Waals surface area contributed by atoms with Crippen LogP contribution in [-0.2, 0) is 0 Å². The largest absolute Gasteiger partial charge is 0.456 e. The van der Waals surface area contributed by atoms with Crippen molar-refractivity contribution in [1.29, 1.82) is 0 Å². The maximum atomic E-state index is 6.41. The highest BCUT2D eigenvalue weighted by Crippen LogP contribution is 2.40. The minimum atomic E-state index is 0.501. The predicted octanol–water partition coefficient (Wildman–Crippen LogP) is 11.2. The fourth-order valence-corrected chi connectivity index (χ4v) is 6.35. The summed E-state index contributed by atoms with van der Waals surface area (Å²) >= 11 is 0. The molecule has 230 valence electrons. The van der Waals surface area contributed by atoms with Crippen LogP contribution in [0.25, 0.3) is 89.6 Å². The zero-order chi connectivity index (χ0) is 32.6. The third-order valence-electron chi connectivity index (χ3n) is 8.81. The van der Waals surface area contributed by atoms with E-state index in [0.717, 1.165) is 55.3 Å². The van der Waals surface area contributed by atoms with Crippen LogP contribution >= 0.6 is 0 Å². The van der Waals surface area contributed by atoms with Gasteiger partial charge in [-0.2, -0.15) is 0 Å². The van der Waals surface area contributed by atoms with Gasteiger partial charge in [0, 0.05) is 33.7 Å². The van der Waals surface area contributed by atoms with Crippen LogP contribution in [0.2, 0.25) is 0 Å². The predicted molar refractivity (Wildman–Crippen MR) is 198 cm³/mol. The van der Waals surface area contributed by atoms with Crippen LogP contribution in [0.1, 0.15) is 0 Å². The number of para-hydroxylation sites is 1. The van der Waals surface area contributed by atoms with E-state index in [9.17, 15) is 0 Å². The minimum absolute atomic E-state index is 0.501. The molecule has 0 atom stereocenters. The van der Waals surface area contributed by atoms with Crippen molar-refractivity contribution in [3.05, 3.63) is 170 Å². The van der Waals surface area contributed by atoms with Gasteiger partial charge in [0.25, 0.3) is 0 Å². The zero-order valence-electron chi connectivity index (χ0n) is 26.4. The van der Waals surface area contributed by atoms with Gasteiger partial charge in [-0.25, -0.2) is 15.0 Å². The molecular weight excluding hydrogens is 601 g/mol. The number of rotatable bonds is 6. The lowest BCUT2D eigenvalue weighted by Crippen LogP contribution is -2.01. The number of hydrogen-bond donors (Lipinski definition) is 0. The molecule has 0 unspecified atom stereocenters. The van der Waals surface area contributed by atoms with E-state index >= 15 is 0 Å². The maximum absolute atomic E-state index is 6.41. The van der Waals surface area contributed by atoms with Gasteiger partial charge in [-0.3, -0.25) is 4.98 Å². The Morgan fingerprint density at radius 1 is 0.367 bits per heavy atom. The molecule has 6 aromatic carbocycles. The van der Waals surface area contributed by atoms with Crippen molar-refractivity contribution < 1.29 is 4.42 Å². The molecule has 3 heterocycles. The summed E-state index contributed by atoms with van der Waals surface area (Å²) in [7, 11) is 0. The first kappa shape index (κ1) is 28.5. The summed E-state index contributed by atoms with van der Waals surface area (Å²) < 4.78 is 6.41. The van der Waals surface area contributed by atoms with Crippen LogP contribution in [0, 0.1) is 0 Å². The van der Waals surface area contributed by atoms with Gasteiger partial charge in [0.15, 0.2) is 17.5 Å². The molecule has 0 saturated heterocycles. The molecular formula is C44H28N4O. The number of pyridine rings is 1. The summed E-state index contributed by atoms with van der Waals surface area (Å²) in [5.41, 5.74) is 10.6. The summed E-state index contributed by atoms with van der Waals surface area (Å²) in [6.07, 6.45) is 1.88. The first-order valence-electron chi connectivity index (χ1n) is 16.2. The topological polar surface area (TPSA) is 64.7 Å². The van der Waals surface area contributed by atoms with Gasteiger partial charge >= 0.3 is 0 Å². The third kappa shape index (κ3) is 5.43. The van der Waals surface area contributed by atoms with Crippen molar-refractivity contribution in [1.82, 2.24) is 19.9 Å². The SMILES string of the molecule is c1ccc(-c2ccc(-c3ccc(-c4nc(-c5ccccc5)nc(-c5cc(-c6ccccc6)c6c(c5)oc5ccccc56)n4)nc3)cc2)cc1. The first-order valence-corrected chi connectivity index (χ1v) is 16.2. The van der Waals surface area contributed by atoms with Gasteiger partial charge in [-0.05, 0) is 52.1 Å². The molecule has 5 heteroatoms. The van der Waals surface area contributed by atoms with Gasteiger partial charge in [0.1, 0.15) is 16.9 Å². The Labute approximate surface area is 283 Å². The van der Waals surface area contributed by atoms with Gasteiger partial charge in [-0.15, -0.1) is 0 Å². The average Bonchev–Trinajstić information content (AvgIpc) is 3.57. The number of furan rings is 1. The first-order chi connectivity index (χ1) is 24.3. The van der Waals surface area contributed by atoms with E-state index in [2.05, 4.69) is 91.0 Å². The van der Waals surface area contributed by atoms with Crippen LogP contribution in [-0.4, -0.2) is 19.9 Å². The Morgan fingerprint density at radius 3 is 1.57 bits per heavy atom. The Hall–Kier alpha value is -6.72. The van der Waals surface area contributed by atoms with E-state index in [1.165, 1.54) is 11.1 Å². The monoisotopic (exact) mass is 628 g/mol. The van der Waals surface area contributed by atoms with E-state index in [4.69, 9.17) is 24.4 Å². The molecule has 0 bridgehead atoms. The van der Waals surface area contributed by atoms with E-state index in [1.807, 2.05) is 79.0 Å². The normalized spacial score (nSPS) is 11.3. The van der Waals surface area contributed by atoms with Crippen molar-refractivity contribution in [3.63, 3.8) is 0 Å². The Kier molecular flexibility index (Phi) is 7.06. The number of nitrogens with zero attached hydrogens (tertiary/aromatic N) is 4. The number of hydrogen-bond acceptors (Lipinski definition) is 5. The number of benzene rings is 6. The molecule has 0 amide bonds. The highest BCUT2D eigenvalue weighted by Gasteiger charge is 2.18. The second-order valence-corrected chi connectivity index (χ2v) is 11.9. The molecule has 0 fully saturated rings. The van der Waals surface area contributed by atoms with Crippen LogP contribution in [0.5, 0.6) is 0 Å². The standard InChI is InChI=1S/C44H28N4O/c1-4-12-29(13-5-1)30-20-22-31(23-21-30)34-24-25-38(45-28-34)44-47-42(33-16-8-3-9-17-33)46-43(48-44)35-26-37(32-14-6-2-7-15-32)41-36-18-10-11-19-39(36)49-40(41)27-35/h1-28H. The van der Waals surface area contributed by atoms with Crippen LogP contribution < -0.4 is 0 Å². The lowest BCUT2D eigenvalue weighted by atomic mass is 9.97. The fraction of sp³-hybridized carbons (Fsp3) is 0. The highest BCUT2D eigenvalue weighted by atomic mass is 16.3. The van der Waals surface area contributed by atoms with E-state index in [0.29, 0.717) is 23.2 Å².